The van der Waals surface area contributed by atoms with Crippen LogP contribution in [-0.2, 0) is 14.9 Å². The molecule has 7 nitrogen and oxygen atoms in total. The Morgan fingerprint density at radius 2 is 1.82 bits per heavy atom. The van der Waals surface area contributed by atoms with E-state index in [-0.39, 0.29) is 41.5 Å². The van der Waals surface area contributed by atoms with Crippen molar-refractivity contribution in [2.45, 2.75) is 19.0 Å². The molecule has 1 aliphatic rings. The first-order chi connectivity index (χ1) is 9.72. The number of nitrogens with zero attached hydrogens (tertiary/aromatic N) is 3. The van der Waals surface area contributed by atoms with Gasteiger partial charge in [-0.2, -0.15) is 0 Å². The van der Waals surface area contributed by atoms with Crippen molar-refractivity contribution in [2.75, 3.05) is 25.0 Å². The van der Waals surface area contributed by atoms with Crippen LogP contribution in [0.25, 0.3) is 0 Å². The van der Waals surface area contributed by atoms with Crippen molar-refractivity contribution in [1.29, 1.82) is 0 Å². The number of amides is 1. The normalized spacial score (nSPS) is 23.0. The molecule has 2 unspecified atom stereocenters. The number of benzene rings is 1. The predicted octanol–water partition coefficient (Wildman–Crippen LogP) is -2.92. The van der Waals surface area contributed by atoms with Crippen molar-refractivity contribution in [2.24, 2.45) is 0 Å². The molecule has 116 valence electrons. The minimum atomic E-state index is -4.42. The van der Waals surface area contributed by atoms with Gasteiger partial charge in [-0.05, 0) is 26.1 Å². The first-order valence-corrected chi connectivity index (χ1v) is 8.05. The molecule has 2 rings (SSSR count). The number of hydrogen-bond acceptors (Lipinski definition) is 6. The number of anilines is 1. The van der Waals surface area contributed by atoms with Gasteiger partial charge >= 0.3 is 29.6 Å². The fourth-order valence-corrected chi connectivity index (χ4v) is 3.30. The summed E-state index contributed by atoms with van der Waals surface area (Å²) in [6.45, 7) is 1.82. The smallest absolute Gasteiger partial charge is 0.747 e. The van der Waals surface area contributed by atoms with Crippen molar-refractivity contribution >= 4 is 21.7 Å². The Morgan fingerprint density at radius 3 is 2.32 bits per heavy atom. The van der Waals surface area contributed by atoms with Gasteiger partial charge in [0, 0.05) is 7.05 Å². The van der Waals surface area contributed by atoms with Gasteiger partial charge in [0.25, 0.3) is 5.91 Å². The second-order valence-corrected chi connectivity index (χ2v) is 6.56. The number of carbonyl (C=O) groups excluding carboxylic acids is 1. The van der Waals surface area contributed by atoms with Crippen molar-refractivity contribution in [3.05, 3.63) is 30.3 Å². The summed E-state index contributed by atoms with van der Waals surface area (Å²) in [5, 5.41) is 3.25. The molecule has 0 bridgehead atoms. The monoisotopic (exact) mass is 335 g/mol. The van der Waals surface area contributed by atoms with Crippen molar-refractivity contribution in [3.8, 4) is 0 Å². The van der Waals surface area contributed by atoms with Crippen LogP contribution in [0.2, 0.25) is 0 Å². The summed E-state index contributed by atoms with van der Waals surface area (Å²) in [6, 6.07) is 8.16. The standard InChI is InChI=1S/C13H19N3O4S.Na/c1-10-12(14(2)9-21(18,19)20)13(17)16(15(10)3)11-7-5-4-6-8-11;/h4-8,10,12H,9H2,1-3H3,(H,18,19,20);/q;+1/p-1. The summed E-state index contributed by atoms with van der Waals surface area (Å²) >= 11 is 0. The molecule has 0 N–H and O–H groups in total. The van der Waals surface area contributed by atoms with Crippen LogP contribution in [0, 0.1) is 0 Å². The third-order valence-electron chi connectivity index (χ3n) is 3.66. The molecular formula is C13H18N3NaO4S. The van der Waals surface area contributed by atoms with E-state index < -0.39 is 22.0 Å². The summed E-state index contributed by atoms with van der Waals surface area (Å²) < 4.78 is 32.7. The second kappa shape index (κ2) is 7.39. The zero-order valence-electron chi connectivity index (χ0n) is 13.1. The average molecular weight is 335 g/mol. The van der Waals surface area contributed by atoms with Crippen LogP contribution in [0.5, 0.6) is 0 Å². The van der Waals surface area contributed by atoms with E-state index in [1.54, 1.807) is 24.2 Å². The van der Waals surface area contributed by atoms with E-state index in [0.717, 1.165) is 0 Å². The number of rotatable bonds is 4. The van der Waals surface area contributed by atoms with Gasteiger partial charge in [-0.1, -0.05) is 18.2 Å². The minimum absolute atomic E-state index is 0. The number of carbonyl (C=O) groups is 1. The zero-order valence-corrected chi connectivity index (χ0v) is 15.9. The van der Waals surface area contributed by atoms with E-state index in [1.807, 2.05) is 25.1 Å². The van der Waals surface area contributed by atoms with Gasteiger partial charge in [-0.25, -0.2) is 18.4 Å². The largest absolute Gasteiger partial charge is 1.00 e. The molecule has 9 heteroatoms. The molecule has 1 aromatic carbocycles. The molecule has 0 spiro atoms. The summed E-state index contributed by atoms with van der Waals surface area (Å²) in [5.74, 6) is -0.938. The zero-order chi connectivity index (χ0) is 15.8. The van der Waals surface area contributed by atoms with Crippen LogP contribution in [0.4, 0.5) is 5.69 Å². The van der Waals surface area contributed by atoms with E-state index in [2.05, 4.69) is 0 Å². The van der Waals surface area contributed by atoms with Crippen molar-refractivity contribution < 1.29 is 47.3 Å². The van der Waals surface area contributed by atoms with Crippen LogP contribution >= 0.6 is 0 Å². The third-order valence-corrected chi connectivity index (χ3v) is 4.38. The Hall–Kier alpha value is -0.480. The summed E-state index contributed by atoms with van der Waals surface area (Å²) in [7, 11) is -1.19. The minimum Gasteiger partial charge on any atom is -0.747 e. The fourth-order valence-electron chi connectivity index (χ4n) is 2.64. The predicted molar refractivity (Wildman–Crippen MR) is 77.3 cm³/mol. The second-order valence-electron chi connectivity index (χ2n) is 5.19. The number of hydrogen-bond donors (Lipinski definition) is 0. The Balaban J connectivity index is 0.00000242. The van der Waals surface area contributed by atoms with Crippen LogP contribution in [0.1, 0.15) is 6.92 Å². The maximum absolute atomic E-state index is 12.6. The van der Waals surface area contributed by atoms with Crippen molar-refractivity contribution in [3.63, 3.8) is 0 Å². The van der Waals surface area contributed by atoms with Gasteiger partial charge in [-0.15, -0.1) is 0 Å². The molecule has 2 atom stereocenters. The molecule has 22 heavy (non-hydrogen) atoms. The van der Waals surface area contributed by atoms with Crippen LogP contribution < -0.4 is 34.6 Å². The SMILES string of the molecule is CC1C(N(C)CS(=O)(=O)[O-])C(=O)N(c2ccccc2)N1C.[Na+]. The van der Waals surface area contributed by atoms with Gasteiger partial charge < -0.3 is 4.55 Å². The molecule has 1 aliphatic heterocycles. The molecule has 1 fully saturated rings. The Bertz CT molecular complexity index is 625. The molecule has 1 saturated heterocycles. The van der Waals surface area contributed by atoms with E-state index in [4.69, 9.17) is 0 Å². The molecular weight excluding hydrogens is 317 g/mol. The first kappa shape index (κ1) is 19.6. The number of likely N-dealkylation sites (N-methyl/N-ethyl adjacent to an activating group) is 2. The Morgan fingerprint density at radius 1 is 1.27 bits per heavy atom. The van der Waals surface area contributed by atoms with Crippen LogP contribution in [0.15, 0.2) is 30.3 Å². The topological polar surface area (TPSA) is 84.0 Å². The third kappa shape index (κ3) is 4.08. The quantitative estimate of drug-likeness (QED) is 0.433. The number of para-hydroxylation sites is 1. The molecule has 0 radical (unpaired) electrons. The van der Waals surface area contributed by atoms with Crippen molar-refractivity contribution in [1.82, 2.24) is 9.91 Å². The maximum Gasteiger partial charge on any atom is 1.00 e. The number of hydrazine groups is 1. The van der Waals surface area contributed by atoms with E-state index >= 15 is 0 Å². The molecule has 1 heterocycles. The molecule has 0 saturated carbocycles. The molecule has 0 aliphatic carbocycles. The van der Waals surface area contributed by atoms with Crippen LogP contribution in [0.3, 0.4) is 0 Å². The maximum atomic E-state index is 12.6. The summed E-state index contributed by atoms with van der Waals surface area (Å²) in [6.07, 6.45) is 0. The van der Waals surface area contributed by atoms with Gasteiger partial charge in [0.05, 0.1) is 17.6 Å². The van der Waals surface area contributed by atoms with E-state index in [0.29, 0.717) is 5.69 Å². The molecule has 1 aromatic rings. The van der Waals surface area contributed by atoms with Gasteiger partial charge in [0.2, 0.25) is 0 Å². The van der Waals surface area contributed by atoms with Gasteiger partial charge in [-0.3, -0.25) is 9.69 Å². The fraction of sp³-hybridized carbons (Fsp3) is 0.462. The summed E-state index contributed by atoms with van der Waals surface area (Å²) in [4.78, 5) is 13.9. The van der Waals surface area contributed by atoms with Gasteiger partial charge in [0.1, 0.15) is 16.2 Å². The average Bonchev–Trinajstić information content (AvgIpc) is 2.59. The van der Waals surface area contributed by atoms with Gasteiger partial charge in [0.15, 0.2) is 0 Å². The van der Waals surface area contributed by atoms with E-state index in [9.17, 15) is 17.8 Å². The molecule has 0 aromatic heterocycles. The van der Waals surface area contributed by atoms with E-state index in [1.165, 1.54) is 17.0 Å². The Labute approximate surface area is 152 Å². The Kier molecular flexibility index (Phi) is 6.58. The van der Waals surface area contributed by atoms with Crippen LogP contribution in [-0.4, -0.2) is 60.8 Å². The molecule has 1 amide bonds. The first-order valence-electron chi connectivity index (χ1n) is 6.48. The summed E-state index contributed by atoms with van der Waals surface area (Å²) in [5.41, 5.74) is 0.706.